The first-order valence-corrected chi connectivity index (χ1v) is 8.52. The first-order chi connectivity index (χ1) is 10.8. The van der Waals surface area contributed by atoms with Crippen LogP contribution in [0.2, 0.25) is 0 Å². The van der Waals surface area contributed by atoms with Crippen molar-refractivity contribution in [3.63, 3.8) is 0 Å². The molecular formula is C18H21NO2S. The Kier molecular flexibility index (Phi) is 5.03. The minimum atomic E-state index is 0.0861. The van der Waals surface area contributed by atoms with Gasteiger partial charge in [0.2, 0.25) is 0 Å². The highest BCUT2D eigenvalue weighted by Crippen LogP contribution is 2.38. The largest absolute Gasteiger partial charge is 0.497 e. The van der Waals surface area contributed by atoms with Crippen LogP contribution in [-0.4, -0.2) is 18.0 Å². The molecule has 0 fully saturated rings. The summed E-state index contributed by atoms with van der Waals surface area (Å²) >= 11 is 1.91. The summed E-state index contributed by atoms with van der Waals surface area (Å²) in [6, 6.07) is 14.7. The number of aliphatic hydroxyl groups is 1. The number of methoxy groups -OCH3 is 1. The van der Waals surface area contributed by atoms with Gasteiger partial charge in [0.1, 0.15) is 5.75 Å². The van der Waals surface area contributed by atoms with E-state index in [9.17, 15) is 5.11 Å². The number of fused-ring (bicyclic) bond motifs is 1. The van der Waals surface area contributed by atoms with Crippen LogP contribution in [0.4, 0.5) is 0 Å². The van der Waals surface area contributed by atoms with E-state index in [1.54, 1.807) is 7.11 Å². The van der Waals surface area contributed by atoms with Crippen molar-refractivity contribution in [2.75, 3.05) is 12.9 Å². The number of ether oxygens (including phenoxy) is 1. The quantitative estimate of drug-likeness (QED) is 0.886. The van der Waals surface area contributed by atoms with Gasteiger partial charge in [0.15, 0.2) is 0 Å². The van der Waals surface area contributed by atoms with E-state index in [0.717, 1.165) is 35.6 Å². The van der Waals surface area contributed by atoms with E-state index < -0.39 is 0 Å². The number of benzene rings is 2. The number of thioether (sulfide) groups is 1. The molecular weight excluding hydrogens is 294 g/mol. The van der Waals surface area contributed by atoms with Crippen LogP contribution in [0, 0.1) is 0 Å². The van der Waals surface area contributed by atoms with E-state index in [0.29, 0.717) is 6.04 Å². The fourth-order valence-corrected chi connectivity index (χ4v) is 3.93. The smallest absolute Gasteiger partial charge is 0.119 e. The van der Waals surface area contributed by atoms with Crippen LogP contribution in [-0.2, 0) is 13.2 Å². The number of hydrogen-bond donors (Lipinski definition) is 2. The molecule has 4 heteroatoms. The lowest BCUT2D eigenvalue weighted by molar-refractivity contribution is 0.280. The third-order valence-corrected chi connectivity index (χ3v) is 5.21. The predicted octanol–water partition coefficient (Wildman–Crippen LogP) is 3.51. The van der Waals surface area contributed by atoms with E-state index in [-0.39, 0.29) is 6.61 Å². The Morgan fingerprint density at radius 1 is 1.23 bits per heavy atom. The third-order valence-electron chi connectivity index (χ3n) is 4.08. The van der Waals surface area contributed by atoms with Gasteiger partial charge < -0.3 is 15.2 Å². The van der Waals surface area contributed by atoms with Crippen LogP contribution in [0.1, 0.15) is 29.2 Å². The zero-order chi connectivity index (χ0) is 15.4. The SMILES string of the molecule is COc1ccc2c(c1)C(NCc1ccccc1CO)CCS2. The van der Waals surface area contributed by atoms with Crippen molar-refractivity contribution in [3.05, 3.63) is 59.2 Å². The molecule has 0 saturated heterocycles. The molecule has 0 radical (unpaired) electrons. The molecule has 0 aromatic heterocycles. The molecule has 1 aliphatic rings. The topological polar surface area (TPSA) is 41.5 Å². The van der Waals surface area contributed by atoms with Gasteiger partial charge in [-0.05, 0) is 47.1 Å². The zero-order valence-electron chi connectivity index (χ0n) is 12.7. The molecule has 0 saturated carbocycles. The molecule has 0 amide bonds. The number of hydrogen-bond acceptors (Lipinski definition) is 4. The van der Waals surface area contributed by atoms with Gasteiger partial charge in [0.05, 0.1) is 13.7 Å². The van der Waals surface area contributed by atoms with Crippen molar-refractivity contribution >= 4 is 11.8 Å². The maximum absolute atomic E-state index is 9.43. The first kappa shape index (κ1) is 15.4. The predicted molar refractivity (Wildman–Crippen MR) is 90.3 cm³/mol. The van der Waals surface area contributed by atoms with Gasteiger partial charge >= 0.3 is 0 Å². The van der Waals surface area contributed by atoms with Crippen LogP contribution in [0.15, 0.2) is 47.4 Å². The van der Waals surface area contributed by atoms with E-state index >= 15 is 0 Å². The lowest BCUT2D eigenvalue weighted by atomic mass is 10.0. The van der Waals surface area contributed by atoms with Crippen molar-refractivity contribution in [2.24, 2.45) is 0 Å². The van der Waals surface area contributed by atoms with Crippen molar-refractivity contribution in [3.8, 4) is 5.75 Å². The number of nitrogens with one attached hydrogen (secondary N) is 1. The molecule has 2 N–H and O–H groups in total. The molecule has 1 unspecified atom stereocenters. The summed E-state index contributed by atoms with van der Waals surface area (Å²) in [5, 5.41) is 13.1. The molecule has 1 aliphatic heterocycles. The summed E-state index contributed by atoms with van der Waals surface area (Å²) in [5.41, 5.74) is 3.47. The second kappa shape index (κ2) is 7.18. The van der Waals surface area contributed by atoms with Gasteiger partial charge in [-0.1, -0.05) is 24.3 Å². The van der Waals surface area contributed by atoms with Crippen LogP contribution in [0.5, 0.6) is 5.75 Å². The molecule has 22 heavy (non-hydrogen) atoms. The average Bonchev–Trinajstić information content (AvgIpc) is 2.59. The molecule has 1 atom stereocenters. The maximum atomic E-state index is 9.43. The van der Waals surface area contributed by atoms with Crippen LogP contribution in [0.25, 0.3) is 0 Å². The van der Waals surface area contributed by atoms with Gasteiger partial charge in [-0.25, -0.2) is 0 Å². The summed E-state index contributed by atoms with van der Waals surface area (Å²) in [4.78, 5) is 1.33. The summed E-state index contributed by atoms with van der Waals surface area (Å²) in [6.07, 6.45) is 1.10. The molecule has 1 heterocycles. The van der Waals surface area contributed by atoms with E-state index in [2.05, 4.69) is 23.5 Å². The van der Waals surface area contributed by atoms with Gasteiger partial charge in [-0.2, -0.15) is 0 Å². The van der Waals surface area contributed by atoms with Crippen LogP contribution >= 0.6 is 11.8 Å². The molecule has 3 nitrogen and oxygen atoms in total. The Hall–Kier alpha value is -1.49. The normalized spacial score (nSPS) is 17.1. The maximum Gasteiger partial charge on any atom is 0.119 e. The average molecular weight is 315 g/mol. The Bertz CT molecular complexity index is 645. The van der Waals surface area contributed by atoms with Gasteiger partial charge in [0.25, 0.3) is 0 Å². The monoisotopic (exact) mass is 315 g/mol. The Morgan fingerprint density at radius 3 is 2.82 bits per heavy atom. The first-order valence-electron chi connectivity index (χ1n) is 7.53. The molecule has 2 aromatic carbocycles. The summed E-state index contributed by atoms with van der Waals surface area (Å²) < 4.78 is 5.36. The van der Waals surface area contributed by atoms with Crippen molar-refractivity contribution in [2.45, 2.75) is 30.5 Å². The molecule has 3 rings (SSSR count). The molecule has 116 valence electrons. The standard InChI is InChI=1S/C18H21NO2S/c1-21-15-6-7-18-16(10-15)17(8-9-22-18)19-11-13-4-2-3-5-14(13)12-20/h2-7,10,17,19-20H,8-9,11-12H2,1H3. The fraction of sp³-hybridized carbons (Fsp3) is 0.333. The van der Waals surface area contributed by atoms with Crippen LogP contribution < -0.4 is 10.1 Å². The summed E-state index contributed by atoms with van der Waals surface area (Å²) in [7, 11) is 1.71. The third kappa shape index (κ3) is 3.29. The van der Waals surface area contributed by atoms with E-state index in [4.69, 9.17) is 4.74 Å². The highest BCUT2D eigenvalue weighted by molar-refractivity contribution is 7.99. The summed E-state index contributed by atoms with van der Waals surface area (Å²) in [6.45, 7) is 0.853. The second-order valence-electron chi connectivity index (χ2n) is 5.40. The van der Waals surface area contributed by atoms with Crippen molar-refractivity contribution < 1.29 is 9.84 Å². The lowest BCUT2D eigenvalue weighted by Gasteiger charge is -2.27. The highest BCUT2D eigenvalue weighted by Gasteiger charge is 2.21. The van der Waals surface area contributed by atoms with Gasteiger partial charge in [0, 0.05) is 17.5 Å². The Labute approximate surface area is 135 Å². The van der Waals surface area contributed by atoms with E-state index in [1.807, 2.05) is 36.0 Å². The lowest BCUT2D eigenvalue weighted by Crippen LogP contribution is -2.24. The van der Waals surface area contributed by atoms with Gasteiger partial charge in [-0.15, -0.1) is 11.8 Å². The Morgan fingerprint density at radius 2 is 2.05 bits per heavy atom. The molecule has 0 bridgehead atoms. The number of aliphatic hydroxyl groups excluding tert-OH is 1. The van der Waals surface area contributed by atoms with Gasteiger partial charge in [-0.3, -0.25) is 0 Å². The number of rotatable bonds is 5. The van der Waals surface area contributed by atoms with Crippen molar-refractivity contribution in [1.82, 2.24) is 5.32 Å². The minimum Gasteiger partial charge on any atom is -0.497 e. The molecule has 0 spiro atoms. The zero-order valence-corrected chi connectivity index (χ0v) is 13.5. The Balaban J connectivity index is 1.77. The molecule has 0 aliphatic carbocycles. The highest BCUT2D eigenvalue weighted by atomic mass is 32.2. The second-order valence-corrected chi connectivity index (χ2v) is 6.54. The van der Waals surface area contributed by atoms with E-state index in [1.165, 1.54) is 10.5 Å². The molecule has 2 aromatic rings. The van der Waals surface area contributed by atoms with Crippen LogP contribution in [0.3, 0.4) is 0 Å². The van der Waals surface area contributed by atoms with Crippen molar-refractivity contribution in [1.29, 1.82) is 0 Å². The summed E-state index contributed by atoms with van der Waals surface area (Å²) in [5.74, 6) is 2.03. The fourth-order valence-electron chi connectivity index (χ4n) is 2.83. The minimum absolute atomic E-state index is 0.0861.